The zero-order valence-corrected chi connectivity index (χ0v) is 19.2. The maximum absolute atomic E-state index is 13.8. The number of ketones is 3. The van der Waals surface area contributed by atoms with Crippen molar-refractivity contribution >= 4 is 23.3 Å². The van der Waals surface area contributed by atoms with Gasteiger partial charge in [0.15, 0.2) is 11.4 Å². The van der Waals surface area contributed by atoms with E-state index >= 15 is 0 Å². The average molecular weight is 492 g/mol. The van der Waals surface area contributed by atoms with Crippen LogP contribution in [-0.2, 0) is 9.53 Å². The Morgan fingerprint density at radius 2 is 1.00 bits per heavy atom. The molecule has 9 nitrogen and oxygen atoms in total. The van der Waals surface area contributed by atoms with Crippen LogP contribution >= 0.6 is 0 Å². The summed E-state index contributed by atoms with van der Waals surface area (Å²) < 4.78 is 4.59. The van der Waals surface area contributed by atoms with Crippen molar-refractivity contribution < 1.29 is 44.3 Å². The summed E-state index contributed by atoms with van der Waals surface area (Å²) in [5, 5.41) is 45.5. The van der Waals surface area contributed by atoms with E-state index in [9.17, 15) is 39.6 Å². The third kappa shape index (κ3) is 4.04. The molecule has 0 aliphatic carbocycles. The average Bonchev–Trinajstić information content (AvgIpc) is 2.95. The molecule has 0 saturated carbocycles. The first-order valence-corrected chi connectivity index (χ1v) is 10.8. The fraction of sp³-hybridized carbons (Fsp3) is 0.185. The summed E-state index contributed by atoms with van der Waals surface area (Å²) in [5.74, 6) is -6.40. The van der Waals surface area contributed by atoms with Crippen LogP contribution in [0.1, 0.15) is 31.1 Å². The van der Waals surface area contributed by atoms with E-state index in [-0.39, 0.29) is 16.7 Å². The van der Waals surface area contributed by atoms with Crippen molar-refractivity contribution in [2.75, 3.05) is 13.7 Å². The Hall–Kier alpha value is -4.02. The van der Waals surface area contributed by atoms with E-state index in [2.05, 4.69) is 4.74 Å². The maximum Gasteiger partial charge on any atom is 0.349 e. The van der Waals surface area contributed by atoms with Gasteiger partial charge in [-0.2, -0.15) is 0 Å². The monoisotopic (exact) mass is 492 g/mol. The van der Waals surface area contributed by atoms with Crippen molar-refractivity contribution in [1.29, 1.82) is 0 Å². The molecule has 186 valence electrons. The van der Waals surface area contributed by atoms with Crippen LogP contribution in [0.4, 0.5) is 0 Å². The Bertz CT molecular complexity index is 1260. The fourth-order valence-corrected chi connectivity index (χ4v) is 3.98. The summed E-state index contributed by atoms with van der Waals surface area (Å²) in [7, 11) is 0.774. The molecule has 0 aliphatic heterocycles. The molecule has 3 atom stereocenters. The zero-order valence-electron chi connectivity index (χ0n) is 19.2. The molecule has 0 aliphatic rings. The number of ether oxygens (including phenoxy) is 1. The molecule has 0 heterocycles. The van der Waals surface area contributed by atoms with Crippen molar-refractivity contribution in [3.63, 3.8) is 0 Å². The highest BCUT2D eigenvalue weighted by atomic mass is 16.5. The smallest absolute Gasteiger partial charge is 0.349 e. The second-order valence-corrected chi connectivity index (χ2v) is 8.02. The second-order valence-electron chi connectivity index (χ2n) is 8.02. The van der Waals surface area contributed by atoms with Crippen molar-refractivity contribution in [3.05, 3.63) is 108 Å². The first kappa shape index (κ1) is 26.6. The molecule has 3 rings (SSSR count). The highest BCUT2D eigenvalue weighted by Crippen LogP contribution is 2.41. The van der Waals surface area contributed by atoms with Gasteiger partial charge in [0.1, 0.15) is 0 Å². The number of aliphatic hydroxyl groups is 4. The molecule has 3 aromatic carbocycles. The molecule has 36 heavy (non-hydrogen) atoms. The first-order chi connectivity index (χ1) is 17.1. The summed E-state index contributed by atoms with van der Waals surface area (Å²) in [6.07, 6.45) is 0. The first-order valence-electron chi connectivity index (χ1n) is 10.8. The number of hydrogen-bond acceptors (Lipinski definition) is 9. The molecule has 0 radical (unpaired) electrons. The normalized spacial score (nSPS) is 16.0. The number of methoxy groups -OCH3 is 1. The lowest BCUT2D eigenvalue weighted by Gasteiger charge is -2.47. The molecule has 3 unspecified atom stereocenters. The molecule has 0 saturated heterocycles. The van der Waals surface area contributed by atoms with E-state index < -0.39 is 46.7 Å². The van der Waals surface area contributed by atoms with E-state index in [1.54, 1.807) is 6.07 Å². The standard InChI is InChI=1S/C27H24O9/c1-36-24(32)26(34,22(30)19-13-7-3-8-14-19)27(35,23(31)20-15-9-4-10-16-20)25(33,17-28)21(29)18-11-5-2-6-12-18/h2-16,28,33-35H,17H2,1H3. The zero-order chi connectivity index (χ0) is 26.6. The largest absolute Gasteiger partial charge is 0.466 e. The molecule has 0 aromatic heterocycles. The highest BCUT2D eigenvalue weighted by molar-refractivity contribution is 6.25. The highest BCUT2D eigenvalue weighted by Gasteiger charge is 2.75. The van der Waals surface area contributed by atoms with Gasteiger partial charge in [-0.25, -0.2) is 4.79 Å². The Morgan fingerprint density at radius 1 is 0.639 bits per heavy atom. The minimum atomic E-state index is -3.96. The van der Waals surface area contributed by atoms with Crippen LogP contribution in [0.2, 0.25) is 0 Å². The number of carbonyl (C=O) groups is 4. The second kappa shape index (κ2) is 10.3. The lowest BCUT2D eigenvalue weighted by atomic mass is 9.62. The summed E-state index contributed by atoms with van der Waals surface area (Å²) >= 11 is 0. The lowest BCUT2D eigenvalue weighted by Crippen LogP contribution is -2.80. The van der Waals surface area contributed by atoms with Crippen LogP contribution in [0.25, 0.3) is 0 Å². The van der Waals surface area contributed by atoms with E-state index in [0.29, 0.717) is 0 Å². The number of esters is 1. The summed E-state index contributed by atoms with van der Waals surface area (Å²) in [6.45, 7) is -1.66. The van der Waals surface area contributed by atoms with E-state index in [1.807, 2.05) is 0 Å². The molecule has 0 amide bonds. The van der Waals surface area contributed by atoms with Crippen molar-refractivity contribution in [1.82, 2.24) is 0 Å². The maximum atomic E-state index is 13.8. The van der Waals surface area contributed by atoms with Gasteiger partial charge in [-0.15, -0.1) is 0 Å². The topological polar surface area (TPSA) is 158 Å². The van der Waals surface area contributed by atoms with Gasteiger partial charge in [0.25, 0.3) is 5.60 Å². The Labute approximate surface area is 206 Å². The number of rotatable bonds is 10. The van der Waals surface area contributed by atoms with Crippen LogP contribution in [0.3, 0.4) is 0 Å². The molecular formula is C27H24O9. The third-order valence-corrected chi connectivity index (χ3v) is 5.97. The van der Waals surface area contributed by atoms with Gasteiger partial charge in [0.05, 0.1) is 13.7 Å². The Balaban J connectivity index is 2.41. The van der Waals surface area contributed by atoms with Gasteiger partial charge in [0.2, 0.25) is 17.2 Å². The molecule has 9 heteroatoms. The Kier molecular flexibility index (Phi) is 7.61. The van der Waals surface area contributed by atoms with E-state index in [4.69, 9.17) is 0 Å². The van der Waals surface area contributed by atoms with Gasteiger partial charge in [0, 0.05) is 16.7 Å². The molecule has 4 N–H and O–H groups in total. The van der Waals surface area contributed by atoms with Crippen molar-refractivity contribution in [2.24, 2.45) is 0 Å². The fourth-order valence-electron chi connectivity index (χ4n) is 3.98. The van der Waals surface area contributed by atoms with Gasteiger partial charge < -0.3 is 25.2 Å². The van der Waals surface area contributed by atoms with Gasteiger partial charge in [-0.05, 0) is 0 Å². The lowest BCUT2D eigenvalue weighted by molar-refractivity contribution is -0.208. The molecular weight excluding hydrogens is 468 g/mol. The van der Waals surface area contributed by atoms with Gasteiger partial charge in [-0.1, -0.05) is 91.0 Å². The Morgan fingerprint density at radius 3 is 1.36 bits per heavy atom. The number of Topliss-reactive ketones (excluding diaryl/α,β-unsaturated/α-hetero) is 3. The van der Waals surface area contributed by atoms with E-state index in [1.165, 1.54) is 84.9 Å². The predicted octanol–water partition coefficient (Wildman–Crippen LogP) is 0.994. The van der Waals surface area contributed by atoms with Crippen LogP contribution < -0.4 is 0 Å². The quantitative estimate of drug-likeness (QED) is 0.184. The molecule has 0 spiro atoms. The number of carbonyl (C=O) groups excluding carboxylic acids is 4. The molecule has 0 fully saturated rings. The van der Waals surface area contributed by atoms with Crippen LogP contribution in [0, 0.1) is 0 Å². The van der Waals surface area contributed by atoms with Gasteiger partial charge >= 0.3 is 5.97 Å². The van der Waals surface area contributed by atoms with Crippen molar-refractivity contribution in [2.45, 2.75) is 16.8 Å². The SMILES string of the molecule is COC(=O)C(O)(C(=O)c1ccccc1)C(O)(C(=O)c1ccccc1)C(O)(CO)C(=O)c1ccccc1. The minimum Gasteiger partial charge on any atom is -0.466 e. The van der Waals surface area contributed by atoms with Crippen LogP contribution in [0.5, 0.6) is 0 Å². The van der Waals surface area contributed by atoms with E-state index in [0.717, 1.165) is 7.11 Å². The van der Waals surface area contributed by atoms with Crippen molar-refractivity contribution in [3.8, 4) is 0 Å². The third-order valence-electron chi connectivity index (χ3n) is 5.97. The number of hydrogen-bond donors (Lipinski definition) is 4. The number of benzene rings is 3. The predicted molar refractivity (Wildman–Crippen MR) is 126 cm³/mol. The summed E-state index contributed by atoms with van der Waals surface area (Å²) in [6, 6.07) is 20.1. The minimum absolute atomic E-state index is 0.285. The van der Waals surface area contributed by atoms with Crippen LogP contribution in [0.15, 0.2) is 91.0 Å². The molecule has 3 aromatic rings. The molecule has 0 bridgehead atoms. The van der Waals surface area contributed by atoms with Crippen LogP contribution in [-0.4, -0.2) is 74.3 Å². The van der Waals surface area contributed by atoms with Gasteiger partial charge in [-0.3, -0.25) is 14.4 Å². The number of aliphatic hydroxyl groups excluding tert-OH is 1. The summed E-state index contributed by atoms with van der Waals surface area (Å²) in [4.78, 5) is 54.0. The summed E-state index contributed by atoms with van der Waals surface area (Å²) in [5.41, 5.74) is -12.4.